The fraction of sp³-hybridized carbons (Fsp3) is 0.280. The van der Waals surface area contributed by atoms with Crippen molar-refractivity contribution in [3.05, 3.63) is 82.7 Å². The van der Waals surface area contributed by atoms with Crippen molar-refractivity contribution in [1.29, 1.82) is 0 Å². The number of esters is 1. The molecule has 0 saturated heterocycles. The summed E-state index contributed by atoms with van der Waals surface area (Å²) in [4.78, 5) is 25.4. The highest BCUT2D eigenvalue weighted by atomic mass is 16.5. The monoisotopic (exact) mass is 420 g/mol. The highest BCUT2D eigenvalue weighted by Crippen LogP contribution is 2.25. The van der Waals surface area contributed by atoms with Crippen LogP contribution >= 0.6 is 0 Å². The minimum Gasteiger partial charge on any atom is -0.495 e. The topological polar surface area (TPSA) is 69.6 Å². The number of amides is 1. The van der Waals surface area contributed by atoms with Crippen molar-refractivity contribution in [2.45, 2.75) is 40.3 Å². The van der Waals surface area contributed by atoms with E-state index in [9.17, 15) is 9.59 Å². The second-order valence-electron chi connectivity index (χ2n) is 7.60. The van der Waals surface area contributed by atoms with Crippen molar-refractivity contribution < 1.29 is 19.1 Å². The van der Waals surface area contributed by atoms with E-state index in [4.69, 9.17) is 9.47 Å². The first kappa shape index (κ1) is 22.2. The molecule has 1 amide bonds. The van der Waals surface area contributed by atoms with Crippen LogP contribution in [0.5, 0.6) is 5.75 Å². The SMILES string of the molecule is COc1ccc(C)cc1NC(=O)[C@@H](C)OC(=O)c1cc(C)n(Cc2ccccc2)c1C. The Balaban J connectivity index is 1.70. The van der Waals surface area contributed by atoms with Gasteiger partial charge in [-0.15, -0.1) is 0 Å². The van der Waals surface area contributed by atoms with E-state index in [1.807, 2.05) is 63.2 Å². The standard InChI is InChI=1S/C25H28N2O4/c1-16-11-12-23(30-5)22(13-16)26-24(28)19(4)31-25(29)21-14-17(2)27(18(21)3)15-20-9-7-6-8-10-20/h6-14,19H,15H2,1-5H3,(H,26,28)/t19-/m1/s1. The van der Waals surface area contributed by atoms with Crippen LogP contribution in [0, 0.1) is 20.8 Å². The molecular formula is C25H28N2O4. The minimum atomic E-state index is -0.963. The summed E-state index contributed by atoms with van der Waals surface area (Å²) in [6, 6.07) is 17.3. The molecule has 0 spiro atoms. The summed E-state index contributed by atoms with van der Waals surface area (Å²) in [7, 11) is 1.54. The molecule has 31 heavy (non-hydrogen) atoms. The summed E-state index contributed by atoms with van der Waals surface area (Å²) in [6.45, 7) is 7.97. The van der Waals surface area contributed by atoms with Crippen LogP contribution in [0.4, 0.5) is 5.69 Å². The van der Waals surface area contributed by atoms with Crippen LogP contribution < -0.4 is 10.1 Å². The number of nitrogens with zero attached hydrogens (tertiary/aromatic N) is 1. The number of aryl methyl sites for hydroxylation is 2. The molecule has 0 aliphatic rings. The molecule has 1 aromatic heterocycles. The van der Waals surface area contributed by atoms with Crippen LogP contribution in [0.3, 0.4) is 0 Å². The van der Waals surface area contributed by atoms with Crippen LogP contribution in [-0.4, -0.2) is 29.7 Å². The Labute approximate surface area is 182 Å². The smallest absolute Gasteiger partial charge is 0.340 e. The van der Waals surface area contributed by atoms with E-state index in [2.05, 4.69) is 9.88 Å². The maximum Gasteiger partial charge on any atom is 0.340 e. The van der Waals surface area contributed by atoms with Gasteiger partial charge in [-0.2, -0.15) is 0 Å². The van der Waals surface area contributed by atoms with Crippen molar-refractivity contribution in [2.24, 2.45) is 0 Å². The third kappa shape index (κ3) is 5.15. The fourth-order valence-corrected chi connectivity index (χ4v) is 3.45. The van der Waals surface area contributed by atoms with Crippen LogP contribution in [0.15, 0.2) is 54.6 Å². The molecule has 0 aliphatic carbocycles. The van der Waals surface area contributed by atoms with Crippen molar-refractivity contribution >= 4 is 17.6 Å². The lowest BCUT2D eigenvalue weighted by Crippen LogP contribution is -2.30. The molecule has 0 bridgehead atoms. The quantitative estimate of drug-likeness (QED) is 0.565. The number of carbonyl (C=O) groups is 2. The number of ether oxygens (including phenoxy) is 2. The van der Waals surface area contributed by atoms with E-state index in [0.29, 0.717) is 23.5 Å². The molecule has 2 aromatic carbocycles. The minimum absolute atomic E-state index is 0.421. The zero-order valence-electron chi connectivity index (χ0n) is 18.6. The Morgan fingerprint density at radius 1 is 1.03 bits per heavy atom. The third-order valence-electron chi connectivity index (χ3n) is 5.24. The van der Waals surface area contributed by atoms with Gasteiger partial charge in [0, 0.05) is 17.9 Å². The summed E-state index contributed by atoms with van der Waals surface area (Å²) in [5, 5.41) is 2.78. The molecule has 1 atom stereocenters. The average Bonchev–Trinajstić information content (AvgIpc) is 3.03. The van der Waals surface area contributed by atoms with Gasteiger partial charge in [-0.1, -0.05) is 36.4 Å². The lowest BCUT2D eigenvalue weighted by molar-refractivity contribution is -0.123. The van der Waals surface area contributed by atoms with Gasteiger partial charge < -0.3 is 19.4 Å². The lowest BCUT2D eigenvalue weighted by Gasteiger charge is -2.16. The zero-order chi connectivity index (χ0) is 22.5. The maximum absolute atomic E-state index is 12.8. The normalized spacial score (nSPS) is 11.6. The molecular weight excluding hydrogens is 392 g/mol. The molecule has 1 N–H and O–H groups in total. The van der Waals surface area contributed by atoms with Crippen LogP contribution in [-0.2, 0) is 16.1 Å². The molecule has 1 heterocycles. The summed E-state index contributed by atoms with van der Waals surface area (Å²) >= 11 is 0. The Morgan fingerprint density at radius 2 is 1.74 bits per heavy atom. The second-order valence-corrected chi connectivity index (χ2v) is 7.60. The number of anilines is 1. The number of carbonyl (C=O) groups excluding carboxylic acids is 2. The first-order chi connectivity index (χ1) is 14.8. The van der Waals surface area contributed by atoms with Gasteiger partial charge in [-0.25, -0.2) is 4.79 Å². The van der Waals surface area contributed by atoms with Crippen LogP contribution in [0.1, 0.15) is 39.8 Å². The molecule has 0 radical (unpaired) electrons. The summed E-state index contributed by atoms with van der Waals surface area (Å²) in [6.07, 6.45) is -0.963. The van der Waals surface area contributed by atoms with Gasteiger partial charge in [0.1, 0.15) is 5.75 Å². The number of hydrogen-bond donors (Lipinski definition) is 1. The Bertz CT molecular complexity index is 1090. The van der Waals surface area contributed by atoms with Gasteiger partial charge in [0.05, 0.1) is 18.4 Å². The summed E-state index contributed by atoms with van der Waals surface area (Å²) < 4.78 is 12.8. The first-order valence-electron chi connectivity index (χ1n) is 10.2. The predicted molar refractivity (Wildman–Crippen MR) is 121 cm³/mol. The van der Waals surface area contributed by atoms with Gasteiger partial charge in [0.2, 0.25) is 0 Å². The van der Waals surface area contributed by atoms with Crippen molar-refractivity contribution in [3.8, 4) is 5.75 Å². The summed E-state index contributed by atoms with van der Waals surface area (Å²) in [5.41, 5.74) is 4.88. The Kier molecular flexibility index (Phi) is 6.80. The molecule has 6 heteroatoms. The van der Waals surface area contributed by atoms with Gasteiger partial charge in [0.25, 0.3) is 5.91 Å². The van der Waals surface area contributed by atoms with E-state index in [1.165, 1.54) is 7.11 Å². The fourth-order valence-electron chi connectivity index (χ4n) is 3.45. The van der Waals surface area contributed by atoms with Crippen LogP contribution in [0.25, 0.3) is 0 Å². The van der Waals surface area contributed by atoms with Gasteiger partial charge in [0.15, 0.2) is 6.10 Å². The predicted octanol–water partition coefficient (Wildman–Crippen LogP) is 4.65. The van der Waals surface area contributed by atoms with E-state index in [1.54, 1.807) is 19.1 Å². The van der Waals surface area contributed by atoms with E-state index < -0.39 is 18.0 Å². The highest BCUT2D eigenvalue weighted by molar-refractivity contribution is 5.98. The Hall–Kier alpha value is -3.54. The third-order valence-corrected chi connectivity index (χ3v) is 5.24. The number of nitrogens with one attached hydrogen (secondary N) is 1. The molecule has 0 saturated carbocycles. The zero-order valence-corrected chi connectivity index (χ0v) is 18.6. The highest BCUT2D eigenvalue weighted by Gasteiger charge is 2.23. The molecule has 0 fully saturated rings. The van der Waals surface area contributed by atoms with Crippen molar-refractivity contribution in [1.82, 2.24) is 4.57 Å². The number of aromatic nitrogens is 1. The first-order valence-corrected chi connectivity index (χ1v) is 10.2. The largest absolute Gasteiger partial charge is 0.495 e. The molecule has 6 nitrogen and oxygen atoms in total. The van der Waals surface area contributed by atoms with E-state index in [0.717, 1.165) is 22.5 Å². The molecule has 3 rings (SSSR count). The summed E-state index contributed by atoms with van der Waals surface area (Å²) in [5.74, 6) is -0.399. The second kappa shape index (κ2) is 9.51. The van der Waals surface area contributed by atoms with E-state index in [-0.39, 0.29) is 0 Å². The van der Waals surface area contributed by atoms with Crippen LogP contribution in [0.2, 0.25) is 0 Å². The van der Waals surface area contributed by atoms with Gasteiger partial charge >= 0.3 is 5.97 Å². The number of hydrogen-bond acceptors (Lipinski definition) is 4. The number of rotatable bonds is 7. The van der Waals surface area contributed by atoms with Crippen molar-refractivity contribution in [2.75, 3.05) is 12.4 Å². The van der Waals surface area contributed by atoms with Gasteiger partial charge in [-0.3, -0.25) is 4.79 Å². The number of methoxy groups -OCH3 is 1. The average molecular weight is 421 g/mol. The molecule has 0 aliphatic heterocycles. The molecule has 162 valence electrons. The lowest BCUT2D eigenvalue weighted by atomic mass is 10.2. The number of benzene rings is 2. The van der Waals surface area contributed by atoms with Gasteiger partial charge in [-0.05, 0) is 57.0 Å². The van der Waals surface area contributed by atoms with Crippen molar-refractivity contribution in [3.63, 3.8) is 0 Å². The van der Waals surface area contributed by atoms with E-state index >= 15 is 0 Å². The molecule has 3 aromatic rings. The molecule has 0 unspecified atom stereocenters. The maximum atomic E-state index is 12.8. The Morgan fingerprint density at radius 3 is 2.42 bits per heavy atom.